The number of hydrogen-bond donors (Lipinski definition) is 2. The Labute approximate surface area is 174 Å². The standard InChI is InChI=1S/C18H20N2O8S2/c1-27-16-6-5-13(18(21)22)11-17(16)29(23,24)19-14-3-2-4-15(12-14)30(25,26)20-7-9-28-10-8-20/h2-6,11-12,19H,7-10H2,1H3,(H,21,22). The first-order valence-electron chi connectivity index (χ1n) is 8.77. The number of ether oxygens (including phenoxy) is 2. The number of anilines is 1. The zero-order valence-corrected chi connectivity index (χ0v) is 17.6. The highest BCUT2D eigenvalue weighted by atomic mass is 32.2. The van der Waals surface area contributed by atoms with E-state index in [1.165, 1.54) is 47.8 Å². The van der Waals surface area contributed by atoms with E-state index in [1.54, 1.807) is 0 Å². The SMILES string of the molecule is COc1ccc(C(=O)O)cc1S(=O)(=O)Nc1cccc(S(=O)(=O)N2CCOCC2)c1. The van der Waals surface area contributed by atoms with Crippen molar-refractivity contribution in [2.45, 2.75) is 9.79 Å². The monoisotopic (exact) mass is 456 g/mol. The summed E-state index contributed by atoms with van der Waals surface area (Å²) in [5, 5.41) is 9.14. The van der Waals surface area contributed by atoms with Gasteiger partial charge in [-0.2, -0.15) is 4.31 Å². The predicted molar refractivity (Wildman–Crippen MR) is 107 cm³/mol. The molecule has 1 aliphatic heterocycles. The molecule has 30 heavy (non-hydrogen) atoms. The smallest absolute Gasteiger partial charge is 0.335 e. The molecule has 162 valence electrons. The van der Waals surface area contributed by atoms with Crippen molar-refractivity contribution in [1.29, 1.82) is 0 Å². The van der Waals surface area contributed by atoms with E-state index >= 15 is 0 Å². The number of nitrogens with zero attached hydrogens (tertiary/aromatic N) is 1. The summed E-state index contributed by atoms with van der Waals surface area (Å²) >= 11 is 0. The van der Waals surface area contributed by atoms with Gasteiger partial charge in [-0.3, -0.25) is 4.72 Å². The molecule has 1 saturated heterocycles. The van der Waals surface area contributed by atoms with Crippen LogP contribution in [0.2, 0.25) is 0 Å². The Morgan fingerprint density at radius 1 is 1.10 bits per heavy atom. The van der Waals surface area contributed by atoms with E-state index in [9.17, 15) is 21.6 Å². The number of aromatic carboxylic acids is 1. The molecule has 2 N–H and O–H groups in total. The topological polar surface area (TPSA) is 139 Å². The number of nitrogens with one attached hydrogen (secondary N) is 1. The van der Waals surface area contributed by atoms with Gasteiger partial charge < -0.3 is 14.6 Å². The van der Waals surface area contributed by atoms with Crippen LogP contribution in [0.3, 0.4) is 0 Å². The van der Waals surface area contributed by atoms with E-state index in [0.717, 1.165) is 6.07 Å². The summed E-state index contributed by atoms with van der Waals surface area (Å²) in [6.07, 6.45) is 0. The van der Waals surface area contributed by atoms with E-state index in [1.807, 2.05) is 0 Å². The fraction of sp³-hybridized carbons (Fsp3) is 0.278. The Morgan fingerprint density at radius 3 is 2.43 bits per heavy atom. The molecular weight excluding hydrogens is 436 g/mol. The minimum atomic E-state index is -4.27. The summed E-state index contributed by atoms with van der Waals surface area (Å²) in [5.41, 5.74) is -0.230. The number of benzene rings is 2. The molecule has 12 heteroatoms. The summed E-state index contributed by atoms with van der Waals surface area (Å²) < 4.78 is 65.1. The lowest BCUT2D eigenvalue weighted by Crippen LogP contribution is -2.40. The highest BCUT2D eigenvalue weighted by Crippen LogP contribution is 2.28. The molecule has 0 radical (unpaired) electrons. The molecule has 2 aromatic rings. The van der Waals surface area contributed by atoms with Gasteiger partial charge in [0.2, 0.25) is 10.0 Å². The van der Waals surface area contributed by atoms with Gasteiger partial charge >= 0.3 is 5.97 Å². The fourth-order valence-corrected chi connectivity index (χ4v) is 5.59. The Morgan fingerprint density at radius 2 is 1.80 bits per heavy atom. The first-order valence-corrected chi connectivity index (χ1v) is 11.7. The molecule has 1 aliphatic rings. The molecule has 0 unspecified atom stereocenters. The molecule has 0 amide bonds. The van der Waals surface area contributed by atoms with Crippen LogP contribution in [0.1, 0.15) is 10.4 Å². The number of hydrogen-bond acceptors (Lipinski definition) is 7. The third kappa shape index (κ3) is 4.56. The van der Waals surface area contributed by atoms with Gasteiger partial charge in [0.15, 0.2) is 0 Å². The van der Waals surface area contributed by atoms with Gasteiger partial charge in [0.05, 0.1) is 36.5 Å². The van der Waals surface area contributed by atoms with Gasteiger partial charge in [0.1, 0.15) is 10.6 Å². The number of carboxylic acids is 1. The molecule has 0 aromatic heterocycles. The third-order valence-electron chi connectivity index (χ3n) is 4.39. The maximum atomic E-state index is 12.9. The minimum absolute atomic E-state index is 0.00659. The predicted octanol–water partition coefficient (Wildman–Crippen LogP) is 1.22. The van der Waals surface area contributed by atoms with Crippen LogP contribution in [-0.2, 0) is 24.8 Å². The average molecular weight is 456 g/mol. The molecule has 0 aliphatic carbocycles. The second-order valence-corrected chi connectivity index (χ2v) is 9.91. The van der Waals surface area contributed by atoms with Crippen LogP contribution >= 0.6 is 0 Å². The minimum Gasteiger partial charge on any atom is -0.495 e. The molecule has 10 nitrogen and oxygen atoms in total. The van der Waals surface area contributed by atoms with Gasteiger partial charge in [-0.25, -0.2) is 21.6 Å². The Kier molecular flexibility index (Phi) is 6.31. The summed E-state index contributed by atoms with van der Waals surface area (Å²) in [5.74, 6) is -1.35. The molecule has 3 rings (SSSR count). The van der Waals surface area contributed by atoms with Crippen molar-refractivity contribution in [2.24, 2.45) is 0 Å². The molecule has 1 fully saturated rings. The van der Waals surface area contributed by atoms with Crippen molar-refractivity contribution in [3.63, 3.8) is 0 Å². The van der Waals surface area contributed by atoms with Crippen LogP contribution in [0.25, 0.3) is 0 Å². The maximum absolute atomic E-state index is 12.9. The van der Waals surface area contributed by atoms with Gasteiger partial charge in [-0.05, 0) is 36.4 Å². The van der Waals surface area contributed by atoms with Gasteiger partial charge in [0.25, 0.3) is 10.0 Å². The highest BCUT2D eigenvalue weighted by Gasteiger charge is 2.27. The molecule has 0 spiro atoms. The van der Waals surface area contributed by atoms with Crippen molar-refractivity contribution in [3.8, 4) is 5.75 Å². The van der Waals surface area contributed by atoms with Crippen LogP contribution in [0, 0.1) is 0 Å². The van der Waals surface area contributed by atoms with Crippen molar-refractivity contribution >= 4 is 31.7 Å². The first kappa shape index (κ1) is 22.0. The quantitative estimate of drug-likeness (QED) is 0.634. The second kappa shape index (κ2) is 8.60. The molecule has 0 bridgehead atoms. The van der Waals surface area contributed by atoms with E-state index in [2.05, 4.69) is 4.72 Å². The molecule has 0 saturated carbocycles. The highest BCUT2D eigenvalue weighted by molar-refractivity contribution is 7.92. The number of methoxy groups -OCH3 is 1. The van der Waals surface area contributed by atoms with Gasteiger partial charge in [-0.1, -0.05) is 6.07 Å². The summed E-state index contributed by atoms with van der Waals surface area (Å²) in [6, 6.07) is 8.80. The normalized spacial score (nSPS) is 15.5. The largest absolute Gasteiger partial charge is 0.495 e. The number of rotatable bonds is 7. The van der Waals surface area contributed by atoms with Crippen molar-refractivity contribution < 1.29 is 36.2 Å². The van der Waals surface area contributed by atoms with Crippen molar-refractivity contribution in [2.75, 3.05) is 38.1 Å². The summed E-state index contributed by atoms with van der Waals surface area (Å²) in [7, 11) is -6.83. The van der Waals surface area contributed by atoms with Crippen LogP contribution in [0.5, 0.6) is 5.75 Å². The van der Waals surface area contributed by atoms with Crippen molar-refractivity contribution in [1.82, 2.24) is 4.31 Å². The van der Waals surface area contributed by atoms with Crippen LogP contribution in [0.4, 0.5) is 5.69 Å². The van der Waals surface area contributed by atoms with E-state index in [4.69, 9.17) is 14.6 Å². The molecular formula is C18H20N2O8S2. The third-order valence-corrected chi connectivity index (χ3v) is 7.69. The zero-order valence-electron chi connectivity index (χ0n) is 15.9. The number of sulfonamides is 2. The lowest BCUT2D eigenvalue weighted by atomic mass is 10.2. The zero-order chi connectivity index (χ0) is 21.9. The number of carboxylic acid groups (broad SMARTS) is 1. The van der Waals surface area contributed by atoms with Crippen molar-refractivity contribution in [3.05, 3.63) is 48.0 Å². The Bertz CT molecular complexity index is 1160. The number of carbonyl (C=O) groups is 1. The first-order chi connectivity index (χ1) is 14.1. The molecule has 2 aromatic carbocycles. The lowest BCUT2D eigenvalue weighted by molar-refractivity contribution is 0.0696. The maximum Gasteiger partial charge on any atom is 0.335 e. The van der Waals surface area contributed by atoms with Crippen LogP contribution < -0.4 is 9.46 Å². The Balaban J connectivity index is 1.94. The van der Waals surface area contributed by atoms with E-state index in [0.29, 0.717) is 0 Å². The summed E-state index contributed by atoms with van der Waals surface area (Å²) in [6.45, 7) is 0.978. The van der Waals surface area contributed by atoms with Crippen LogP contribution in [-0.4, -0.2) is 65.6 Å². The summed E-state index contributed by atoms with van der Waals surface area (Å²) in [4.78, 5) is 10.8. The Hall–Kier alpha value is -2.67. The molecule has 1 heterocycles. The second-order valence-electron chi connectivity index (χ2n) is 6.32. The lowest BCUT2D eigenvalue weighted by Gasteiger charge is -2.26. The number of morpholine rings is 1. The fourth-order valence-electron chi connectivity index (χ4n) is 2.89. The van der Waals surface area contributed by atoms with Crippen LogP contribution in [0.15, 0.2) is 52.3 Å². The van der Waals surface area contributed by atoms with Gasteiger partial charge in [0, 0.05) is 13.1 Å². The van der Waals surface area contributed by atoms with E-state index < -0.39 is 26.0 Å². The molecule has 0 atom stereocenters. The van der Waals surface area contributed by atoms with E-state index in [-0.39, 0.29) is 53.1 Å². The average Bonchev–Trinajstić information content (AvgIpc) is 2.73. The van der Waals surface area contributed by atoms with Gasteiger partial charge in [-0.15, -0.1) is 0 Å².